The molecule has 0 saturated carbocycles. The first-order valence-corrected chi connectivity index (χ1v) is 14.6. The topological polar surface area (TPSA) is 91.3 Å². The first kappa shape index (κ1) is 27.5. The first-order chi connectivity index (χ1) is 20.7. The molecule has 42 heavy (non-hydrogen) atoms. The van der Waals surface area contributed by atoms with Crippen LogP contribution in [0.2, 0.25) is 0 Å². The molecule has 0 bridgehead atoms. The van der Waals surface area contributed by atoms with Crippen molar-refractivity contribution in [3.8, 4) is 11.4 Å². The lowest BCUT2D eigenvalue weighted by Crippen LogP contribution is -2.37. The molecule has 6 rings (SSSR count). The average Bonchev–Trinajstić information content (AvgIpc) is 3.68. The summed E-state index contributed by atoms with van der Waals surface area (Å²) in [4.78, 5) is 26.0. The first-order valence-electron chi connectivity index (χ1n) is 14.6. The molecule has 1 amide bonds. The molecule has 1 saturated heterocycles. The van der Waals surface area contributed by atoms with Gasteiger partial charge in [-0.15, -0.1) is 0 Å². The highest BCUT2D eigenvalue weighted by atomic mass is 16.5. The largest absolute Gasteiger partial charge is 0.494 e. The highest BCUT2D eigenvalue weighted by Crippen LogP contribution is 2.36. The molecule has 1 aliphatic heterocycles. The monoisotopic (exact) mass is 563 g/mol. The molecule has 1 fully saturated rings. The molecule has 1 unspecified atom stereocenters. The summed E-state index contributed by atoms with van der Waals surface area (Å²) in [6.45, 7) is 3.89. The number of pyridine rings is 1. The molecule has 2 aromatic carbocycles. The van der Waals surface area contributed by atoms with E-state index in [0.717, 1.165) is 78.4 Å². The number of rotatable bonds is 10. The minimum atomic E-state index is -0.145. The van der Waals surface area contributed by atoms with E-state index in [4.69, 9.17) is 14.8 Å². The fourth-order valence-electron chi connectivity index (χ4n) is 5.82. The van der Waals surface area contributed by atoms with Gasteiger partial charge in [-0.1, -0.05) is 24.3 Å². The van der Waals surface area contributed by atoms with Crippen LogP contribution in [0.25, 0.3) is 16.6 Å². The summed E-state index contributed by atoms with van der Waals surface area (Å²) in [6.07, 6.45) is 7.78. The van der Waals surface area contributed by atoms with Crippen molar-refractivity contribution in [1.29, 1.82) is 0 Å². The number of carbonyl (C=O) groups excluding carboxylic acids is 1. The van der Waals surface area contributed by atoms with Gasteiger partial charge in [-0.25, -0.2) is 4.68 Å². The number of nitrogens with one attached hydrogen (secondary N) is 2. The van der Waals surface area contributed by atoms with E-state index >= 15 is 0 Å². The van der Waals surface area contributed by atoms with Crippen LogP contribution in [0.5, 0.6) is 5.75 Å². The maximum absolute atomic E-state index is 13.3. The zero-order valence-electron chi connectivity index (χ0n) is 23.9. The summed E-state index contributed by atoms with van der Waals surface area (Å²) >= 11 is 0. The minimum absolute atomic E-state index is 0.0295. The molecule has 5 aromatic rings. The fraction of sp³-hybridized carbons (Fsp3) is 0.303. The Morgan fingerprint density at radius 1 is 1.00 bits per heavy atom. The van der Waals surface area contributed by atoms with Crippen LogP contribution >= 0.6 is 0 Å². The standard InChI is InChI=1S/C33H37N7O2/c1-42-30-13-12-25-8-5-17-36-32(25)33(30)39-20-7-19-38(22-23-39)29(24-31(41)35-18-14-26-9-6-16-34-26)28-15-21-40(37-28)27-10-3-2-4-11-27/h2-6,8-13,15-17,21,29,34H,7,14,18-20,22-24H2,1H3,(H,35,41). The third kappa shape index (κ3) is 6.16. The summed E-state index contributed by atoms with van der Waals surface area (Å²) in [5.41, 5.74) is 4.99. The number of ether oxygens (including phenoxy) is 1. The Labute approximate surface area is 246 Å². The Kier molecular flexibility index (Phi) is 8.46. The Morgan fingerprint density at radius 3 is 2.74 bits per heavy atom. The maximum atomic E-state index is 13.3. The molecule has 9 heteroatoms. The summed E-state index contributed by atoms with van der Waals surface area (Å²) in [5.74, 6) is 0.857. The second-order valence-corrected chi connectivity index (χ2v) is 10.6. The SMILES string of the molecule is COc1ccc2cccnc2c1N1CCCN(C(CC(=O)NCCc2ccc[nH]2)c2ccn(-c3ccccc3)n2)CC1. The van der Waals surface area contributed by atoms with E-state index in [1.54, 1.807) is 7.11 Å². The van der Waals surface area contributed by atoms with Gasteiger partial charge in [0.2, 0.25) is 5.91 Å². The molecule has 1 aliphatic rings. The second-order valence-electron chi connectivity index (χ2n) is 10.6. The van der Waals surface area contributed by atoms with Crippen LogP contribution in [0.1, 0.15) is 30.3 Å². The van der Waals surface area contributed by atoms with Crippen LogP contribution in [0.15, 0.2) is 91.4 Å². The molecular weight excluding hydrogens is 526 g/mol. The van der Waals surface area contributed by atoms with Crippen molar-refractivity contribution in [3.63, 3.8) is 0 Å². The molecule has 1 atom stereocenters. The van der Waals surface area contributed by atoms with Crippen LogP contribution in [-0.2, 0) is 11.2 Å². The average molecular weight is 564 g/mol. The lowest BCUT2D eigenvalue weighted by Gasteiger charge is -2.30. The smallest absolute Gasteiger partial charge is 0.221 e. The molecule has 216 valence electrons. The molecule has 3 aromatic heterocycles. The minimum Gasteiger partial charge on any atom is -0.494 e. The van der Waals surface area contributed by atoms with Crippen LogP contribution in [0.4, 0.5) is 5.69 Å². The number of nitrogens with zero attached hydrogens (tertiary/aromatic N) is 5. The van der Waals surface area contributed by atoms with E-state index in [-0.39, 0.29) is 11.9 Å². The third-order valence-electron chi connectivity index (χ3n) is 7.95. The van der Waals surface area contributed by atoms with Crippen LogP contribution in [0.3, 0.4) is 0 Å². The van der Waals surface area contributed by atoms with Crippen molar-refractivity contribution in [3.05, 3.63) is 103 Å². The number of para-hydroxylation sites is 1. The van der Waals surface area contributed by atoms with Gasteiger partial charge in [-0.2, -0.15) is 5.10 Å². The summed E-state index contributed by atoms with van der Waals surface area (Å²) in [7, 11) is 1.71. The molecule has 0 radical (unpaired) electrons. The fourth-order valence-corrected chi connectivity index (χ4v) is 5.82. The Morgan fingerprint density at radius 2 is 1.90 bits per heavy atom. The Bertz CT molecular complexity index is 1600. The third-order valence-corrected chi connectivity index (χ3v) is 7.95. The predicted octanol–water partition coefficient (Wildman–Crippen LogP) is 4.76. The van der Waals surface area contributed by atoms with Crippen LogP contribution in [0, 0.1) is 0 Å². The number of carbonyl (C=O) groups is 1. The molecule has 2 N–H and O–H groups in total. The van der Waals surface area contributed by atoms with E-state index in [0.29, 0.717) is 13.0 Å². The molecule has 4 heterocycles. The maximum Gasteiger partial charge on any atom is 0.221 e. The Balaban J connectivity index is 1.22. The number of H-pyrrole nitrogens is 1. The molecule has 9 nitrogen and oxygen atoms in total. The number of hydrogen-bond donors (Lipinski definition) is 2. The van der Waals surface area contributed by atoms with Crippen molar-refractivity contribution in [2.24, 2.45) is 0 Å². The number of aromatic nitrogens is 4. The molecular formula is C33H37N7O2. The zero-order valence-corrected chi connectivity index (χ0v) is 23.9. The quantitative estimate of drug-likeness (QED) is 0.255. The normalized spacial score (nSPS) is 14.9. The van der Waals surface area contributed by atoms with Gasteiger partial charge >= 0.3 is 0 Å². The van der Waals surface area contributed by atoms with Gasteiger partial charge in [-0.3, -0.25) is 14.7 Å². The van der Waals surface area contributed by atoms with Gasteiger partial charge in [0.1, 0.15) is 11.4 Å². The van der Waals surface area contributed by atoms with Crippen molar-refractivity contribution in [1.82, 2.24) is 30.0 Å². The lowest BCUT2D eigenvalue weighted by atomic mass is 10.1. The van der Waals surface area contributed by atoms with E-state index < -0.39 is 0 Å². The van der Waals surface area contributed by atoms with Crippen molar-refractivity contribution >= 4 is 22.5 Å². The van der Waals surface area contributed by atoms with Gasteiger partial charge in [0.05, 0.1) is 30.0 Å². The lowest BCUT2D eigenvalue weighted by molar-refractivity contribution is -0.122. The van der Waals surface area contributed by atoms with Gasteiger partial charge in [0, 0.05) is 75.2 Å². The van der Waals surface area contributed by atoms with E-state index in [9.17, 15) is 4.79 Å². The highest BCUT2D eigenvalue weighted by molar-refractivity contribution is 5.94. The van der Waals surface area contributed by atoms with Gasteiger partial charge in [-0.05, 0) is 55.0 Å². The van der Waals surface area contributed by atoms with Crippen molar-refractivity contribution in [2.45, 2.75) is 25.3 Å². The predicted molar refractivity (Wildman–Crippen MR) is 165 cm³/mol. The van der Waals surface area contributed by atoms with E-state index in [1.165, 1.54) is 0 Å². The molecule has 0 spiro atoms. The number of aromatic amines is 1. The van der Waals surface area contributed by atoms with Crippen molar-refractivity contribution in [2.75, 3.05) is 44.7 Å². The zero-order chi connectivity index (χ0) is 28.7. The van der Waals surface area contributed by atoms with E-state index in [2.05, 4.69) is 32.2 Å². The van der Waals surface area contributed by atoms with Crippen LogP contribution in [-0.4, -0.2) is 70.4 Å². The van der Waals surface area contributed by atoms with Crippen LogP contribution < -0.4 is 15.0 Å². The van der Waals surface area contributed by atoms with Crippen molar-refractivity contribution < 1.29 is 9.53 Å². The van der Waals surface area contributed by atoms with Gasteiger partial charge in [0.15, 0.2) is 0 Å². The number of amides is 1. The number of hydrogen-bond acceptors (Lipinski definition) is 6. The number of benzene rings is 2. The summed E-state index contributed by atoms with van der Waals surface area (Å²) < 4.78 is 7.68. The van der Waals surface area contributed by atoms with E-state index in [1.807, 2.05) is 83.9 Å². The van der Waals surface area contributed by atoms with Gasteiger partial charge in [0.25, 0.3) is 0 Å². The number of methoxy groups -OCH3 is 1. The second kappa shape index (κ2) is 12.9. The Hall–Kier alpha value is -4.63. The summed E-state index contributed by atoms with van der Waals surface area (Å²) in [5, 5.41) is 9.17. The number of fused-ring (bicyclic) bond motifs is 1. The summed E-state index contributed by atoms with van der Waals surface area (Å²) in [6, 6.07) is 24.1. The number of anilines is 1. The highest BCUT2D eigenvalue weighted by Gasteiger charge is 2.29. The molecule has 0 aliphatic carbocycles. The van der Waals surface area contributed by atoms with Gasteiger partial charge < -0.3 is 19.9 Å².